The van der Waals surface area contributed by atoms with Crippen molar-refractivity contribution in [3.63, 3.8) is 0 Å². The minimum Gasteiger partial charge on any atom is -0.493 e. The van der Waals surface area contributed by atoms with E-state index >= 15 is 0 Å². The molecule has 3 aromatic rings. The largest absolute Gasteiger partial charge is 0.493 e. The van der Waals surface area contributed by atoms with Gasteiger partial charge in [0.1, 0.15) is 5.82 Å². The summed E-state index contributed by atoms with van der Waals surface area (Å²) in [6, 6.07) is 12.4. The maximum absolute atomic E-state index is 6.22. The zero-order chi connectivity index (χ0) is 19.7. The van der Waals surface area contributed by atoms with Crippen LogP contribution in [0.3, 0.4) is 0 Å². The molecule has 0 amide bonds. The molecule has 0 saturated carbocycles. The molecule has 0 unspecified atom stereocenters. The lowest BCUT2D eigenvalue weighted by molar-refractivity contribution is 0.356. The highest BCUT2D eigenvalue weighted by Crippen LogP contribution is 2.36. The Bertz CT molecular complexity index is 1000. The molecule has 0 bridgehead atoms. The van der Waals surface area contributed by atoms with E-state index in [0.717, 1.165) is 42.9 Å². The summed E-state index contributed by atoms with van der Waals surface area (Å²) in [6.45, 7) is 5.66. The molecule has 28 heavy (non-hydrogen) atoms. The number of piperazine rings is 1. The molecule has 1 fully saturated rings. The average Bonchev–Trinajstić information content (AvgIpc) is 2.72. The second-order valence-electron chi connectivity index (χ2n) is 6.85. The number of rotatable bonds is 4. The summed E-state index contributed by atoms with van der Waals surface area (Å²) in [6.07, 6.45) is 0. The molecular formula is C21H23ClN4O2. The van der Waals surface area contributed by atoms with Crippen molar-refractivity contribution < 1.29 is 9.47 Å². The fourth-order valence-corrected chi connectivity index (χ4v) is 3.83. The van der Waals surface area contributed by atoms with E-state index in [0.29, 0.717) is 11.5 Å². The van der Waals surface area contributed by atoms with Gasteiger partial charge in [0.2, 0.25) is 5.28 Å². The SMILES string of the molecule is COc1cc2nc(Cl)nc(N3CCN(c4cccc(C)c4)CC3)c2cc1OC. The number of ether oxygens (including phenoxy) is 2. The Hall–Kier alpha value is -2.73. The number of benzene rings is 2. The third kappa shape index (κ3) is 3.52. The van der Waals surface area contributed by atoms with E-state index in [1.165, 1.54) is 11.3 Å². The molecule has 1 saturated heterocycles. The molecule has 6 nitrogen and oxygen atoms in total. The zero-order valence-electron chi connectivity index (χ0n) is 16.3. The van der Waals surface area contributed by atoms with Gasteiger partial charge >= 0.3 is 0 Å². The van der Waals surface area contributed by atoms with Gasteiger partial charge in [-0.05, 0) is 42.3 Å². The standard InChI is InChI=1S/C21H23ClN4O2/c1-14-5-4-6-15(11-14)25-7-9-26(10-8-25)20-16-12-18(27-2)19(28-3)13-17(16)23-21(22)24-20/h4-6,11-13H,7-10H2,1-3H3. The minimum absolute atomic E-state index is 0.232. The third-order valence-corrected chi connectivity index (χ3v) is 5.27. The first-order chi connectivity index (χ1) is 13.6. The van der Waals surface area contributed by atoms with Crippen molar-refractivity contribution in [3.05, 3.63) is 47.2 Å². The van der Waals surface area contributed by atoms with E-state index in [2.05, 4.69) is 51.0 Å². The Balaban J connectivity index is 1.64. The van der Waals surface area contributed by atoms with Crippen LogP contribution in [-0.2, 0) is 0 Å². The number of methoxy groups -OCH3 is 2. The second-order valence-corrected chi connectivity index (χ2v) is 7.19. The van der Waals surface area contributed by atoms with Gasteiger partial charge in [-0.3, -0.25) is 0 Å². The molecule has 2 heterocycles. The van der Waals surface area contributed by atoms with E-state index in [-0.39, 0.29) is 5.28 Å². The van der Waals surface area contributed by atoms with E-state index in [9.17, 15) is 0 Å². The van der Waals surface area contributed by atoms with Gasteiger partial charge in [0.25, 0.3) is 0 Å². The number of fused-ring (bicyclic) bond motifs is 1. The van der Waals surface area contributed by atoms with E-state index in [4.69, 9.17) is 21.1 Å². The van der Waals surface area contributed by atoms with Crippen LogP contribution in [0.1, 0.15) is 5.56 Å². The number of halogens is 1. The van der Waals surface area contributed by atoms with Gasteiger partial charge in [0.05, 0.1) is 19.7 Å². The molecule has 0 radical (unpaired) electrons. The summed E-state index contributed by atoms with van der Waals surface area (Å²) in [4.78, 5) is 13.6. The molecule has 1 aliphatic rings. The van der Waals surface area contributed by atoms with Crippen LogP contribution < -0.4 is 19.3 Å². The highest BCUT2D eigenvalue weighted by atomic mass is 35.5. The Kier molecular flexibility index (Phi) is 5.13. The minimum atomic E-state index is 0.232. The van der Waals surface area contributed by atoms with Crippen LogP contribution in [-0.4, -0.2) is 50.4 Å². The number of hydrogen-bond donors (Lipinski definition) is 0. The number of aryl methyl sites for hydroxylation is 1. The maximum atomic E-state index is 6.22. The Morgan fingerprint density at radius 1 is 0.893 bits per heavy atom. The summed E-state index contributed by atoms with van der Waals surface area (Å²) in [5.74, 6) is 2.11. The van der Waals surface area contributed by atoms with Crippen molar-refractivity contribution in [2.75, 3.05) is 50.2 Å². The number of aromatic nitrogens is 2. The van der Waals surface area contributed by atoms with Crippen molar-refractivity contribution in [2.24, 2.45) is 0 Å². The van der Waals surface area contributed by atoms with Crippen LogP contribution in [0.25, 0.3) is 10.9 Å². The lowest BCUT2D eigenvalue weighted by Gasteiger charge is -2.37. The van der Waals surface area contributed by atoms with Gasteiger partial charge in [-0.25, -0.2) is 4.98 Å². The third-order valence-electron chi connectivity index (χ3n) is 5.10. The van der Waals surface area contributed by atoms with Crippen LogP contribution in [0.2, 0.25) is 5.28 Å². The number of hydrogen-bond acceptors (Lipinski definition) is 6. The van der Waals surface area contributed by atoms with E-state index in [1.807, 2.05) is 12.1 Å². The molecule has 1 aromatic heterocycles. The molecule has 2 aromatic carbocycles. The molecule has 7 heteroatoms. The summed E-state index contributed by atoms with van der Waals surface area (Å²) in [5, 5.41) is 1.14. The predicted octanol–water partition coefficient (Wildman–Crippen LogP) is 3.94. The fraction of sp³-hybridized carbons (Fsp3) is 0.333. The molecule has 4 rings (SSSR count). The molecule has 0 atom stereocenters. The first kappa shape index (κ1) is 18.6. The van der Waals surface area contributed by atoms with Crippen molar-refractivity contribution in [1.29, 1.82) is 0 Å². The van der Waals surface area contributed by atoms with Gasteiger partial charge in [0.15, 0.2) is 11.5 Å². The van der Waals surface area contributed by atoms with Gasteiger partial charge < -0.3 is 19.3 Å². The number of anilines is 2. The molecule has 0 aliphatic carbocycles. The highest BCUT2D eigenvalue weighted by Gasteiger charge is 2.22. The lowest BCUT2D eigenvalue weighted by Crippen LogP contribution is -2.47. The van der Waals surface area contributed by atoms with Crippen molar-refractivity contribution in [1.82, 2.24) is 9.97 Å². The summed E-state index contributed by atoms with van der Waals surface area (Å²) < 4.78 is 10.9. The van der Waals surface area contributed by atoms with Gasteiger partial charge in [-0.2, -0.15) is 4.98 Å². The Labute approximate surface area is 169 Å². The average molecular weight is 399 g/mol. The van der Waals surface area contributed by atoms with Gasteiger partial charge in [-0.1, -0.05) is 12.1 Å². The van der Waals surface area contributed by atoms with Crippen LogP contribution in [0.15, 0.2) is 36.4 Å². The van der Waals surface area contributed by atoms with Crippen LogP contribution in [0, 0.1) is 6.92 Å². The Morgan fingerprint density at radius 2 is 1.57 bits per heavy atom. The quantitative estimate of drug-likeness (QED) is 0.620. The maximum Gasteiger partial charge on any atom is 0.224 e. The van der Waals surface area contributed by atoms with Gasteiger partial charge in [-0.15, -0.1) is 0 Å². The van der Waals surface area contributed by atoms with Crippen molar-refractivity contribution in [2.45, 2.75) is 6.92 Å². The predicted molar refractivity (Wildman–Crippen MR) is 113 cm³/mol. The first-order valence-corrected chi connectivity index (χ1v) is 9.62. The first-order valence-electron chi connectivity index (χ1n) is 9.25. The Morgan fingerprint density at radius 3 is 2.25 bits per heavy atom. The lowest BCUT2D eigenvalue weighted by atomic mass is 10.1. The van der Waals surface area contributed by atoms with Gasteiger partial charge in [0, 0.05) is 43.3 Å². The summed E-state index contributed by atoms with van der Waals surface area (Å²) in [7, 11) is 3.23. The number of nitrogens with zero attached hydrogens (tertiary/aromatic N) is 4. The van der Waals surface area contributed by atoms with Crippen molar-refractivity contribution >= 4 is 34.0 Å². The monoisotopic (exact) mass is 398 g/mol. The van der Waals surface area contributed by atoms with E-state index < -0.39 is 0 Å². The van der Waals surface area contributed by atoms with Crippen molar-refractivity contribution in [3.8, 4) is 11.5 Å². The summed E-state index contributed by atoms with van der Waals surface area (Å²) >= 11 is 6.22. The van der Waals surface area contributed by atoms with Crippen LogP contribution in [0.5, 0.6) is 11.5 Å². The zero-order valence-corrected chi connectivity index (χ0v) is 17.0. The van der Waals surface area contributed by atoms with Crippen LogP contribution in [0.4, 0.5) is 11.5 Å². The molecule has 1 aliphatic heterocycles. The smallest absolute Gasteiger partial charge is 0.224 e. The summed E-state index contributed by atoms with van der Waals surface area (Å²) in [5.41, 5.74) is 3.28. The molecular weight excluding hydrogens is 376 g/mol. The molecule has 0 spiro atoms. The second kappa shape index (κ2) is 7.72. The fourth-order valence-electron chi connectivity index (χ4n) is 3.65. The topological polar surface area (TPSA) is 50.7 Å². The highest BCUT2D eigenvalue weighted by molar-refractivity contribution is 6.28. The normalized spacial score (nSPS) is 14.4. The molecule has 0 N–H and O–H groups in total. The molecule has 146 valence electrons. The van der Waals surface area contributed by atoms with Crippen LogP contribution >= 0.6 is 11.6 Å². The van der Waals surface area contributed by atoms with E-state index in [1.54, 1.807) is 14.2 Å².